The molecule has 1 aromatic heterocycles. The number of anilines is 2. The third-order valence-corrected chi connectivity index (χ3v) is 5.20. The predicted molar refractivity (Wildman–Crippen MR) is 84.3 cm³/mol. The molecular formula is C15H22N2O3S. The van der Waals surface area contributed by atoms with Crippen LogP contribution in [0, 0.1) is 0 Å². The maximum atomic E-state index is 12.1. The van der Waals surface area contributed by atoms with Crippen LogP contribution in [-0.4, -0.2) is 38.4 Å². The molecule has 0 amide bonds. The Bertz CT molecular complexity index is 539. The van der Waals surface area contributed by atoms with Gasteiger partial charge in [0.05, 0.1) is 30.0 Å². The van der Waals surface area contributed by atoms with Crippen molar-refractivity contribution in [1.82, 2.24) is 0 Å². The number of ether oxygens (including phenoxy) is 2. The maximum Gasteiger partial charge on any atom is 0.350 e. The van der Waals surface area contributed by atoms with Crippen LogP contribution in [0.1, 0.15) is 47.8 Å². The zero-order valence-electron chi connectivity index (χ0n) is 12.6. The second kappa shape index (κ2) is 5.85. The van der Waals surface area contributed by atoms with Crippen molar-refractivity contribution in [2.75, 3.05) is 36.9 Å². The minimum Gasteiger partial charge on any atom is -0.462 e. The molecule has 2 N–H and O–H groups in total. The minimum absolute atomic E-state index is 0.208. The normalized spacial score (nSPS) is 22.4. The SMILES string of the molecule is CCOC(=O)c1sc(N2CCOC(C)C2)c(C2CC2)c1N. The van der Waals surface area contributed by atoms with Gasteiger partial charge in [0.15, 0.2) is 0 Å². The Morgan fingerprint density at radius 1 is 1.52 bits per heavy atom. The van der Waals surface area contributed by atoms with Crippen LogP contribution in [-0.2, 0) is 9.47 Å². The number of hydrogen-bond acceptors (Lipinski definition) is 6. The summed E-state index contributed by atoms with van der Waals surface area (Å²) < 4.78 is 10.7. The Kier molecular flexibility index (Phi) is 4.08. The summed E-state index contributed by atoms with van der Waals surface area (Å²) in [5.41, 5.74) is 8.07. The molecule has 2 aliphatic rings. The number of nitrogens with two attached hydrogens (primary N) is 1. The first-order chi connectivity index (χ1) is 10.1. The molecular weight excluding hydrogens is 288 g/mol. The van der Waals surface area contributed by atoms with Gasteiger partial charge < -0.3 is 20.1 Å². The van der Waals surface area contributed by atoms with Crippen molar-refractivity contribution in [2.24, 2.45) is 0 Å². The molecule has 5 nitrogen and oxygen atoms in total. The Morgan fingerprint density at radius 3 is 2.90 bits per heavy atom. The van der Waals surface area contributed by atoms with E-state index in [9.17, 15) is 4.79 Å². The highest BCUT2D eigenvalue weighted by Gasteiger charge is 2.35. The molecule has 1 saturated carbocycles. The standard InChI is InChI=1S/C15H22N2O3S/c1-3-19-15(18)13-12(16)11(10-4-5-10)14(21-13)17-6-7-20-9(2)8-17/h9-10H,3-8,16H2,1-2H3. The molecule has 0 aromatic carbocycles. The summed E-state index contributed by atoms with van der Waals surface area (Å²) >= 11 is 1.48. The molecule has 21 heavy (non-hydrogen) atoms. The van der Waals surface area contributed by atoms with Crippen molar-refractivity contribution in [3.63, 3.8) is 0 Å². The van der Waals surface area contributed by atoms with Gasteiger partial charge in [0.1, 0.15) is 4.88 Å². The van der Waals surface area contributed by atoms with Crippen LogP contribution in [0.15, 0.2) is 0 Å². The number of thiophene rings is 1. The van der Waals surface area contributed by atoms with Gasteiger partial charge in [-0.05, 0) is 32.6 Å². The predicted octanol–water partition coefficient (Wildman–Crippen LogP) is 2.61. The van der Waals surface area contributed by atoms with E-state index in [-0.39, 0.29) is 12.1 Å². The first-order valence-electron chi connectivity index (χ1n) is 7.57. The smallest absolute Gasteiger partial charge is 0.350 e. The van der Waals surface area contributed by atoms with Crippen LogP contribution in [0.25, 0.3) is 0 Å². The molecule has 0 radical (unpaired) electrons. The van der Waals surface area contributed by atoms with Gasteiger partial charge in [0.2, 0.25) is 0 Å². The second-order valence-electron chi connectivity index (χ2n) is 5.69. The second-order valence-corrected chi connectivity index (χ2v) is 6.68. The van der Waals surface area contributed by atoms with Crippen LogP contribution in [0.3, 0.4) is 0 Å². The van der Waals surface area contributed by atoms with Crippen LogP contribution in [0.5, 0.6) is 0 Å². The van der Waals surface area contributed by atoms with Gasteiger partial charge in [-0.3, -0.25) is 0 Å². The van der Waals surface area contributed by atoms with Crippen molar-refractivity contribution >= 4 is 28.0 Å². The lowest BCUT2D eigenvalue weighted by atomic mass is 10.1. The zero-order valence-corrected chi connectivity index (χ0v) is 13.4. The van der Waals surface area contributed by atoms with Gasteiger partial charge in [-0.2, -0.15) is 0 Å². The molecule has 2 fully saturated rings. The molecule has 1 saturated heterocycles. The Labute approximate surface area is 129 Å². The summed E-state index contributed by atoms with van der Waals surface area (Å²) in [6.07, 6.45) is 2.53. The number of rotatable bonds is 4. The molecule has 1 unspecified atom stereocenters. The number of esters is 1. The molecule has 116 valence electrons. The van der Waals surface area contributed by atoms with E-state index >= 15 is 0 Å². The fraction of sp³-hybridized carbons (Fsp3) is 0.667. The van der Waals surface area contributed by atoms with E-state index in [1.54, 1.807) is 0 Å². The fourth-order valence-electron chi connectivity index (χ4n) is 2.80. The number of carbonyl (C=O) groups excluding carboxylic acids is 1. The number of nitrogens with zero attached hydrogens (tertiary/aromatic N) is 1. The van der Waals surface area contributed by atoms with E-state index in [1.807, 2.05) is 6.92 Å². The zero-order chi connectivity index (χ0) is 15.0. The van der Waals surface area contributed by atoms with E-state index in [4.69, 9.17) is 15.2 Å². The third-order valence-electron chi connectivity index (χ3n) is 3.94. The van der Waals surface area contributed by atoms with Gasteiger partial charge in [0.25, 0.3) is 0 Å². The first-order valence-corrected chi connectivity index (χ1v) is 8.39. The lowest BCUT2D eigenvalue weighted by Crippen LogP contribution is -2.41. The summed E-state index contributed by atoms with van der Waals surface area (Å²) in [7, 11) is 0. The topological polar surface area (TPSA) is 64.8 Å². The van der Waals surface area contributed by atoms with Crippen LogP contribution in [0.4, 0.5) is 10.7 Å². The van der Waals surface area contributed by atoms with Crippen LogP contribution in [0.2, 0.25) is 0 Å². The van der Waals surface area contributed by atoms with Gasteiger partial charge >= 0.3 is 5.97 Å². The van der Waals surface area contributed by atoms with E-state index in [1.165, 1.54) is 11.3 Å². The van der Waals surface area contributed by atoms with E-state index in [0.29, 0.717) is 23.1 Å². The highest BCUT2D eigenvalue weighted by molar-refractivity contribution is 7.18. The van der Waals surface area contributed by atoms with E-state index in [2.05, 4.69) is 11.8 Å². The van der Waals surface area contributed by atoms with Crippen molar-refractivity contribution in [3.05, 3.63) is 10.4 Å². The van der Waals surface area contributed by atoms with Gasteiger partial charge in [-0.15, -0.1) is 11.3 Å². The molecule has 6 heteroatoms. The molecule has 0 spiro atoms. The Hall–Kier alpha value is -1.27. The number of morpholine rings is 1. The van der Waals surface area contributed by atoms with Gasteiger partial charge in [0, 0.05) is 18.7 Å². The van der Waals surface area contributed by atoms with Crippen LogP contribution >= 0.6 is 11.3 Å². The lowest BCUT2D eigenvalue weighted by molar-refractivity contribution is 0.0531. The lowest BCUT2D eigenvalue weighted by Gasteiger charge is -2.32. The fourth-order valence-corrected chi connectivity index (χ4v) is 4.03. The molecule has 0 bridgehead atoms. The summed E-state index contributed by atoms with van der Waals surface area (Å²) in [5.74, 6) is 0.215. The Morgan fingerprint density at radius 2 is 2.29 bits per heavy atom. The first kappa shape index (κ1) is 14.7. The summed E-state index contributed by atoms with van der Waals surface area (Å²) in [6, 6.07) is 0. The largest absolute Gasteiger partial charge is 0.462 e. The monoisotopic (exact) mass is 310 g/mol. The minimum atomic E-state index is -0.297. The summed E-state index contributed by atoms with van der Waals surface area (Å²) in [5, 5.41) is 1.15. The molecule has 1 aliphatic carbocycles. The molecule has 1 aliphatic heterocycles. The number of carbonyl (C=O) groups is 1. The maximum absolute atomic E-state index is 12.1. The Balaban J connectivity index is 1.94. The number of nitrogen functional groups attached to an aromatic ring is 1. The van der Waals surface area contributed by atoms with Crippen LogP contribution < -0.4 is 10.6 Å². The highest BCUT2D eigenvalue weighted by atomic mass is 32.1. The van der Waals surface area contributed by atoms with Crippen molar-refractivity contribution in [2.45, 2.75) is 38.7 Å². The molecule has 3 rings (SSSR count). The summed E-state index contributed by atoms with van der Waals surface area (Å²) in [4.78, 5) is 15.0. The van der Waals surface area contributed by atoms with E-state index in [0.717, 1.165) is 43.1 Å². The van der Waals surface area contributed by atoms with E-state index < -0.39 is 0 Å². The average molecular weight is 310 g/mol. The summed E-state index contributed by atoms with van der Waals surface area (Å²) in [6.45, 7) is 6.69. The quantitative estimate of drug-likeness (QED) is 0.866. The molecule has 1 atom stereocenters. The van der Waals surface area contributed by atoms with Crippen molar-refractivity contribution < 1.29 is 14.3 Å². The molecule has 2 heterocycles. The van der Waals surface area contributed by atoms with Gasteiger partial charge in [-0.25, -0.2) is 4.79 Å². The average Bonchev–Trinajstić information content (AvgIpc) is 3.22. The third kappa shape index (κ3) is 2.87. The number of hydrogen-bond donors (Lipinski definition) is 1. The van der Waals surface area contributed by atoms with Gasteiger partial charge in [-0.1, -0.05) is 0 Å². The highest BCUT2D eigenvalue weighted by Crippen LogP contribution is 2.52. The molecule has 1 aromatic rings. The van der Waals surface area contributed by atoms with Crippen molar-refractivity contribution in [1.29, 1.82) is 0 Å². The van der Waals surface area contributed by atoms with Crippen molar-refractivity contribution in [3.8, 4) is 0 Å².